The zero-order chi connectivity index (χ0) is 37.7. The minimum absolute atomic E-state index is 0.0255. The van der Waals surface area contributed by atoms with Crippen LogP contribution in [0.1, 0.15) is 58.6 Å². The number of likely N-dealkylation sites (N-methyl/N-ethyl adjacent to an activating group) is 1. The van der Waals surface area contributed by atoms with Gasteiger partial charge in [0.1, 0.15) is 30.5 Å². The molecule has 5 unspecified atom stereocenters. The number of hydrogen-bond acceptors (Lipinski definition) is 9. The highest BCUT2D eigenvalue weighted by atomic mass is 16.5. The van der Waals surface area contributed by atoms with E-state index in [2.05, 4.69) is 16.0 Å². The summed E-state index contributed by atoms with van der Waals surface area (Å²) in [5.41, 5.74) is -0.271. The minimum Gasteiger partial charge on any atom is -0.491 e. The van der Waals surface area contributed by atoms with Gasteiger partial charge in [-0.1, -0.05) is 82.6 Å². The maximum absolute atomic E-state index is 13.7. The molecule has 0 radical (unpaired) electrons. The van der Waals surface area contributed by atoms with Crippen LogP contribution in [-0.4, -0.2) is 115 Å². The van der Waals surface area contributed by atoms with Crippen molar-refractivity contribution in [1.29, 1.82) is 0 Å². The molecule has 5 atom stereocenters. The Morgan fingerprint density at radius 3 is 2.16 bits per heavy atom. The number of hydrogen-bond donors (Lipinski definition) is 4. The lowest BCUT2D eigenvalue weighted by atomic mass is 9.88. The molecule has 0 bridgehead atoms. The molecule has 1 aliphatic rings. The van der Waals surface area contributed by atoms with Crippen LogP contribution >= 0.6 is 0 Å². The quantitative estimate of drug-likeness (QED) is 0.139. The van der Waals surface area contributed by atoms with Crippen molar-refractivity contribution in [3.63, 3.8) is 0 Å². The first-order valence-electron chi connectivity index (χ1n) is 17.1. The van der Waals surface area contributed by atoms with Crippen LogP contribution in [0.2, 0.25) is 0 Å². The number of nitrogens with one attached hydrogen (secondary N) is 3. The standard InChI is InChI=1S/C37H51N5O9/c1-7-14-27(31(44)34(47)38-22-29(43)40-30(35(48)41(5)6)24-15-10-8-11-16-24)39-33(46)28-21-26(23-42(28)36(49)32(45)37(2,3)4)51-20-19-50-25-17-12-9-13-18-25/h8-13,15-18,26-28,30,32,45H,7,14,19-23H2,1-6H3,(H,38,47)(H,39,46)(H,40,43). The monoisotopic (exact) mass is 709 g/mol. The third kappa shape index (κ3) is 11.9. The number of likely N-dealkylation sites (tertiary alicyclic amines) is 1. The second-order valence-corrected chi connectivity index (χ2v) is 13.7. The first kappa shape index (κ1) is 40.6. The SMILES string of the molecule is CCCC(NC(=O)C1CC(OCCOc2ccccc2)CN1C(=O)C(O)C(C)(C)C)C(=O)C(=O)NCC(=O)NC(C(=O)N(C)C)c1ccccc1. The van der Waals surface area contributed by atoms with Gasteiger partial charge in [0, 0.05) is 27.1 Å². The number of aliphatic hydroxyl groups is 1. The van der Waals surface area contributed by atoms with E-state index < -0.39 is 71.7 Å². The normalized spacial score (nSPS) is 17.4. The van der Waals surface area contributed by atoms with Crippen LogP contribution in [0.4, 0.5) is 0 Å². The van der Waals surface area contributed by atoms with Gasteiger partial charge in [-0.25, -0.2) is 0 Å². The van der Waals surface area contributed by atoms with Gasteiger partial charge in [-0.15, -0.1) is 0 Å². The van der Waals surface area contributed by atoms with Crippen molar-refractivity contribution < 1.29 is 43.3 Å². The molecule has 1 saturated heterocycles. The van der Waals surface area contributed by atoms with Crippen molar-refractivity contribution in [1.82, 2.24) is 25.8 Å². The average molecular weight is 710 g/mol. The molecule has 4 N–H and O–H groups in total. The van der Waals surface area contributed by atoms with E-state index in [1.807, 2.05) is 30.3 Å². The maximum atomic E-state index is 13.7. The molecule has 0 aromatic heterocycles. The summed E-state index contributed by atoms with van der Waals surface area (Å²) in [5, 5.41) is 18.3. The van der Waals surface area contributed by atoms with Gasteiger partial charge < -0.3 is 40.3 Å². The number of carbonyl (C=O) groups is 6. The van der Waals surface area contributed by atoms with Crippen molar-refractivity contribution in [2.24, 2.45) is 5.41 Å². The van der Waals surface area contributed by atoms with Crippen LogP contribution in [0, 0.1) is 5.41 Å². The second-order valence-electron chi connectivity index (χ2n) is 13.7. The number of aliphatic hydroxyl groups excluding tert-OH is 1. The number of Topliss-reactive ketones (excluding diaryl/α,β-unsaturated/α-hetero) is 1. The Hall–Kier alpha value is -4.82. The summed E-state index contributed by atoms with van der Waals surface area (Å²) in [6, 6.07) is 14.4. The highest BCUT2D eigenvalue weighted by Gasteiger charge is 2.45. The number of para-hydroxylation sites is 1. The summed E-state index contributed by atoms with van der Waals surface area (Å²) in [4.78, 5) is 81.5. The number of ketones is 1. The highest BCUT2D eigenvalue weighted by molar-refractivity contribution is 6.38. The molecule has 0 spiro atoms. The number of benzene rings is 2. The molecule has 14 heteroatoms. The van der Waals surface area contributed by atoms with Gasteiger partial charge in [-0.2, -0.15) is 0 Å². The molecule has 1 fully saturated rings. The molecule has 2 aromatic rings. The van der Waals surface area contributed by atoms with Crippen LogP contribution in [0.5, 0.6) is 5.75 Å². The largest absolute Gasteiger partial charge is 0.491 e. The van der Waals surface area contributed by atoms with Gasteiger partial charge in [0.05, 0.1) is 25.3 Å². The van der Waals surface area contributed by atoms with Gasteiger partial charge in [0.15, 0.2) is 0 Å². The van der Waals surface area contributed by atoms with Crippen LogP contribution in [0.15, 0.2) is 60.7 Å². The van der Waals surface area contributed by atoms with E-state index in [0.717, 1.165) is 0 Å². The van der Waals surface area contributed by atoms with Crippen molar-refractivity contribution in [3.05, 3.63) is 66.2 Å². The summed E-state index contributed by atoms with van der Waals surface area (Å²) in [7, 11) is 3.10. The van der Waals surface area contributed by atoms with Crippen molar-refractivity contribution in [2.75, 3.05) is 40.4 Å². The number of rotatable bonds is 17. The molecule has 2 aromatic carbocycles. The topological polar surface area (TPSA) is 184 Å². The lowest BCUT2D eigenvalue weighted by Crippen LogP contribution is -2.55. The Morgan fingerprint density at radius 1 is 0.941 bits per heavy atom. The molecule has 1 heterocycles. The highest BCUT2D eigenvalue weighted by Crippen LogP contribution is 2.27. The Bertz CT molecular complexity index is 1500. The Labute approximate surface area is 299 Å². The zero-order valence-electron chi connectivity index (χ0n) is 30.2. The van der Waals surface area contributed by atoms with E-state index >= 15 is 0 Å². The molecule has 0 aliphatic carbocycles. The fourth-order valence-corrected chi connectivity index (χ4v) is 5.46. The van der Waals surface area contributed by atoms with Gasteiger partial charge >= 0.3 is 0 Å². The van der Waals surface area contributed by atoms with Crippen LogP contribution in [-0.2, 0) is 33.5 Å². The summed E-state index contributed by atoms with van der Waals surface area (Å²) in [6.07, 6.45) is -1.34. The van der Waals surface area contributed by atoms with Crippen LogP contribution in [0.3, 0.4) is 0 Å². The molecular weight excluding hydrogens is 658 g/mol. The van der Waals surface area contributed by atoms with E-state index in [4.69, 9.17) is 9.47 Å². The predicted molar refractivity (Wildman–Crippen MR) is 188 cm³/mol. The lowest BCUT2D eigenvalue weighted by Gasteiger charge is -2.32. The molecule has 3 rings (SSSR count). The number of nitrogens with zero attached hydrogens (tertiary/aromatic N) is 2. The molecule has 51 heavy (non-hydrogen) atoms. The number of carbonyl (C=O) groups excluding carboxylic acids is 6. The first-order chi connectivity index (χ1) is 24.1. The van der Waals surface area contributed by atoms with Crippen molar-refractivity contribution in [3.8, 4) is 5.75 Å². The minimum atomic E-state index is -1.41. The Balaban J connectivity index is 1.65. The zero-order valence-corrected chi connectivity index (χ0v) is 30.2. The lowest BCUT2D eigenvalue weighted by molar-refractivity contribution is -0.150. The molecule has 278 valence electrons. The van der Waals surface area contributed by atoms with E-state index in [0.29, 0.717) is 17.7 Å². The summed E-state index contributed by atoms with van der Waals surface area (Å²) < 4.78 is 11.6. The number of ether oxygens (including phenoxy) is 2. The molecular formula is C37H51N5O9. The van der Waals surface area contributed by atoms with E-state index in [1.165, 1.54) is 9.80 Å². The summed E-state index contributed by atoms with van der Waals surface area (Å²) in [6.45, 7) is 6.72. The van der Waals surface area contributed by atoms with Gasteiger partial charge in [-0.3, -0.25) is 28.8 Å². The van der Waals surface area contributed by atoms with E-state index in [-0.39, 0.29) is 38.5 Å². The third-order valence-corrected chi connectivity index (χ3v) is 8.32. The van der Waals surface area contributed by atoms with Gasteiger partial charge in [0.25, 0.3) is 11.8 Å². The van der Waals surface area contributed by atoms with Crippen LogP contribution in [0.25, 0.3) is 0 Å². The average Bonchev–Trinajstić information content (AvgIpc) is 3.54. The Kier molecular flexibility index (Phi) is 15.1. The van der Waals surface area contributed by atoms with Crippen molar-refractivity contribution in [2.45, 2.75) is 77.3 Å². The second kappa shape index (κ2) is 19.0. The Morgan fingerprint density at radius 2 is 1.57 bits per heavy atom. The van der Waals surface area contributed by atoms with Crippen molar-refractivity contribution >= 4 is 35.3 Å². The third-order valence-electron chi connectivity index (χ3n) is 8.32. The van der Waals surface area contributed by atoms with Gasteiger partial charge in [-0.05, 0) is 29.5 Å². The molecule has 5 amide bonds. The predicted octanol–water partition coefficient (Wildman–Crippen LogP) is 1.37. The first-order valence-corrected chi connectivity index (χ1v) is 17.1. The molecule has 0 saturated carbocycles. The van der Waals surface area contributed by atoms with E-state index in [1.54, 1.807) is 72.1 Å². The van der Waals surface area contributed by atoms with Gasteiger partial charge in [0.2, 0.25) is 23.5 Å². The summed E-state index contributed by atoms with van der Waals surface area (Å²) >= 11 is 0. The summed E-state index contributed by atoms with van der Waals surface area (Å²) in [5.74, 6) is -3.82. The van der Waals surface area contributed by atoms with Crippen LogP contribution < -0.4 is 20.7 Å². The fraction of sp³-hybridized carbons (Fsp3) is 0.514. The molecule has 14 nitrogen and oxygen atoms in total. The smallest absolute Gasteiger partial charge is 0.290 e. The maximum Gasteiger partial charge on any atom is 0.290 e. The number of amides is 5. The molecule has 1 aliphatic heterocycles. The van der Waals surface area contributed by atoms with E-state index in [9.17, 15) is 33.9 Å². The fourth-order valence-electron chi connectivity index (χ4n) is 5.46.